The molecule has 1 aliphatic rings. The summed E-state index contributed by atoms with van der Waals surface area (Å²) in [5, 5.41) is 7.03. The Morgan fingerprint density at radius 2 is 2.07 bits per heavy atom. The Hall–Kier alpha value is -2.98. The quantitative estimate of drug-likeness (QED) is 0.402. The zero-order chi connectivity index (χ0) is 21.1. The number of amides is 2. The second kappa shape index (κ2) is 8.80. The Kier molecular flexibility index (Phi) is 5.96. The molecule has 2 heterocycles. The number of H-pyrrole nitrogens is 1. The van der Waals surface area contributed by atoms with Gasteiger partial charge in [-0.15, -0.1) is 11.3 Å². The zero-order valence-corrected chi connectivity index (χ0v) is 18.0. The number of aromatic amines is 1. The summed E-state index contributed by atoms with van der Waals surface area (Å²) < 4.78 is 7.35. The molecule has 0 saturated carbocycles. The van der Waals surface area contributed by atoms with E-state index in [0.29, 0.717) is 22.0 Å². The fourth-order valence-corrected chi connectivity index (χ4v) is 4.76. The predicted octanol–water partition coefficient (Wildman–Crippen LogP) is 3.02. The third-order valence-corrected chi connectivity index (χ3v) is 6.50. The van der Waals surface area contributed by atoms with Crippen LogP contribution in [0.4, 0.5) is 0 Å². The summed E-state index contributed by atoms with van der Waals surface area (Å²) in [6.07, 6.45) is 3.34. The minimum Gasteiger partial charge on any atom is -0.497 e. The molecule has 30 heavy (non-hydrogen) atoms. The Bertz CT molecular complexity index is 1110. The highest BCUT2D eigenvalue weighted by Gasteiger charge is 2.19. The first-order chi connectivity index (χ1) is 14.5. The number of fused-ring (bicyclic) bond motifs is 1. The van der Waals surface area contributed by atoms with Gasteiger partial charge in [-0.25, -0.2) is 0 Å². The maximum atomic E-state index is 12.3. The lowest BCUT2D eigenvalue weighted by molar-refractivity contribution is -0.122. The molecule has 0 unspecified atom stereocenters. The van der Waals surface area contributed by atoms with Gasteiger partial charge in [-0.3, -0.25) is 30.1 Å². The van der Waals surface area contributed by atoms with Gasteiger partial charge in [0.05, 0.1) is 12.0 Å². The fraction of sp³-hybridized carbons (Fsp3) is 0.300. The molecule has 3 aromatic rings. The molecule has 8 nitrogen and oxygen atoms in total. The minimum atomic E-state index is -0.309. The molecule has 10 heteroatoms. The van der Waals surface area contributed by atoms with Crippen LogP contribution < -0.4 is 15.6 Å². The molecule has 2 amide bonds. The highest BCUT2D eigenvalue weighted by Crippen LogP contribution is 2.30. The van der Waals surface area contributed by atoms with Crippen LogP contribution in [0, 0.1) is 4.77 Å². The van der Waals surface area contributed by atoms with Crippen molar-refractivity contribution in [3.8, 4) is 17.1 Å². The molecule has 0 atom stereocenters. The number of carbonyl (C=O) groups excluding carboxylic acids is 2. The van der Waals surface area contributed by atoms with Crippen LogP contribution >= 0.6 is 23.6 Å². The molecule has 0 aliphatic heterocycles. The number of thiophene rings is 1. The van der Waals surface area contributed by atoms with Crippen LogP contribution in [0.2, 0.25) is 0 Å². The van der Waals surface area contributed by atoms with Gasteiger partial charge in [0.15, 0.2) is 10.6 Å². The summed E-state index contributed by atoms with van der Waals surface area (Å²) in [7, 11) is 1.60. The van der Waals surface area contributed by atoms with Crippen LogP contribution in [-0.2, 0) is 24.2 Å². The number of aromatic nitrogens is 3. The lowest BCUT2D eigenvalue weighted by Gasteiger charge is -2.09. The SMILES string of the molecule is COc1ccc(-c2n[nH]c(=S)n2CCC(=O)NNC(=O)c2cc3c(s2)CCC3)cc1. The first-order valence-electron chi connectivity index (χ1n) is 9.55. The molecular weight excluding hydrogens is 422 g/mol. The number of carbonyl (C=O) groups is 2. The number of rotatable bonds is 6. The van der Waals surface area contributed by atoms with Crippen molar-refractivity contribution < 1.29 is 14.3 Å². The van der Waals surface area contributed by atoms with E-state index in [1.165, 1.54) is 21.8 Å². The number of aryl methyl sites for hydroxylation is 2. The number of hydrogen-bond donors (Lipinski definition) is 3. The summed E-state index contributed by atoms with van der Waals surface area (Å²) in [5.41, 5.74) is 7.06. The van der Waals surface area contributed by atoms with E-state index in [1.807, 2.05) is 30.3 Å². The lowest BCUT2D eigenvalue weighted by atomic mass is 10.2. The predicted molar refractivity (Wildman–Crippen MR) is 116 cm³/mol. The largest absolute Gasteiger partial charge is 0.497 e. The van der Waals surface area contributed by atoms with Crippen LogP contribution in [0.3, 0.4) is 0 Å². The molecule has 0 radical (unpaired) electrons. The number of hydrazine groups is 1. The average molecular weight is 444 g/mol. The second-order valence-electron chi connectivity index (χ2n) is 6.90. The molecule has 1 aromatic carbocycles. The van der Waals surface area contributed by atoms with E-state index in [0.717, 1.165) is 30.6 Å². The van der Waals surface area contributed by atoms with Crippen molar-refractivity contribution in [3.05, 3.63) is 50.4 Å². The molecule has 0 fully saturated rings. The number of ether oxygens (including phenoxy) is 1. The van der Waals surface area contributed by atoms with Gasteiger partial charge in [0.1, 0.15) is 5.75 Å². The van der Waals surface area contributed by atoms with Crippen molar-refractivity contribution in [2.24, 2.45) is 0 Å². The number of hydrogen-bond acceptors (Lipinski definition) is 6. The fourth-order valence-electron chi connectivity index (χ4n) is 3.39. The minimum absolute atomic E-state index is 0.137. The summed E-state index contributed by atoms with van der Waals surface area (Å²) in [6, 6.07) is 9.33. The van der Waals surface area contributed by atoms with Gasteiger partial charge in [0, 0.05) is 23.4 Å². The van der Waals surface area contributed by atoms with Crippen LogP contribution in [-0.4, -0.2) is 33.7 Å². The molecule has 2 aromatic heterocycles. The van der Waals surface area contributed by atoms with E-state index >= 15 is 0 Å². The van der Waals surface area contributed by atoms with E-state index in [-0.39, 0.29) is 18.2 Å². The van der Waals surface area contributed by atoms with Crippen molar-refractivity contribution in [1.29, 1.82) is 0 Å². The van der Waals surface area contributed by atoms with Crippen molar-refractivity contribution in [1.82, 2.24) is 25.6 Å². The van der Waals surface area contributed by atoms with Crippen LogP contribution in [0.5, 0.6) is 5.75 Å². The van der Waals surface area contributed by atoms with E-state index in [9.17, 15) is 9.59 Å². The first kappa shape index (κ1) is 20.3. The summed E-state index contributed by atoms with van der Waals surface area (Å²) in [4.78, 5) is 26.4. The molecule has 4 rings (SSSR count). The highest BCUT2D eigenvalue weighted by atomic mass is 32.1. The Morgan fingerprint density at radius 1 is 1.27 bits per heavy atom. The lowest BCUT2D eigenvalue weighted by Crippen LogP contribution is -2.41. The topological polar surface area (TPSA) is 101 Å². The standard InChI is InChI=1S/C20H21N5O3S2/c1-28-14-7-5-12(6-8-14)18-22-24-20(29)25(18)10-9-17(26)21-23-19(27)16-11-13-3-2-4-15(13)30-16/h5-8,11H,2-4,9-10H2,1H3,(H,21,26)(H,23,27)(H,24,29). The Labute approximate surface area is 182 Å². The van der Waals surface area contributed by atoms with Crippen molar-refractivity contribution >= 4 is 35.4 Å². The van der Waals surface area contributed by atoms with E-state index < -0.39 is 0 Å². The Morgan fingerprint density at radius 3 is 2.80 bits per heavy atom. The normalized spacial score (nSPS) is 12.4. The van der Waals surface area contributed by atoms with Crippen LogP contribution in [0.25, 0.3) is 11.4 Å². The third-order valence-electron chi connectivity index (χ3n) is 4.95. The molecule has 1 aliphatic carbocycles. The van der Waals surface area contributed by atoms with Crippen molar-refractivity contribution in [2.45, 2.75) is 32.2 Å². The average Bonchev–Trinajstić information content (AvgIpc) is 3.45. The van der Waals surface area contributed by atoms with Gasteiger partial charge >= 0.3 is 0 Å². The monoisotopic (exact) mass is 443 g/mol. The van der Waals surface area contributed by atoms with Gasteiger partial charge in [-0.1, -0.05) is 0 Å². The molecule has 0 bridgehead atoms. The number of nitrogens with zero attached hydrogens (tertiary/aromatic N) is 2. The van der Waals surface area contributed by atoms with Crippen LogP contribution in [0.1, 0.15) is 33.0 Å². The van der Waals surface area contributed by atoms with Gasteiger partial charge < -0.3 is 4.74 Å². The summed E-state index contributed by atoms with van der Waals surface area (Å²) in [6.45, 7) is 0.325. The molecule has 3 N–H and O–H groups in total. The number of benzene rings is 1. The van der Waals surface area contributed by atoms with E-state index in [4.69, 9.17) is 17.0 Å². The van der Waals surface area contributed by atoms with Crippen molar-refractivity contribution in [2.75, 3.05) is 7.11 Å². The van der Waals surface area contributed by atoms with Gasteiger partial charge in [0.25, 0.3) is 5.91 Å². The second-order valence-corrected chi connectivity index (χ2v) is 8.42. The van der Waals surface area contributed by atoms with E-state index in [2.05, 4.69) is 21.0 Å². The maximum Gasteiger partial charge on any atom is 0.279 e. The smallest absolute Gasteiger partial charge is 0.279 e. The van der Waals surface area contributed by atoms with Crippen molar-refractivity contribution in [3.63, 3.8) is 0 Å². The molecular formula is C20H21N5O3S2. The molecule has 0 saturated heterocycles. The summed E-state index contributed by atoms with van der Waals surface area (Å²) in [5.74, 6) is 0.774. The van der Waals surface area contributed by atoms with Crippen LogP contribution in [0.15, 0.2) is 30.3 Å². The molecule has 156 valence electrons. The first-order valence-corrected chi connectivity index (χ1v) is 10.8. The third kappa shape index (κ3) is 4.29. The van der Waals surface area contributed by atoms with Gasteiger partial charge in [-0.2, -0.15) is 5.10 Å². The van der Waals surface area contributed by atoms with Gasteiger partial charge in [-0.05, 0) is 67.4 Å². The zero-order valence-electron chi connectivity index (χ0n) is 16.4. The maximum absolute atomic E-state index is 12.3. The van der Waals surface area contributed by atoms with E-state index in [1.54, 1.807) is 11.7 Å². The number of methoxy groups -OCH3 is 1. The number of nitrogens with one attached hydrogen (secondary N) is 3. The Balaban J connectivity index is 1.34. The highest BCUT2D eigenvalue weighted by molar-refractivity contribution is 7.71. The summed E-state index contributed by atoms with van der Waals surface area (Å²) >= 11 is 6.79. The molecule has 0 spiro atoms. The van der Waals surface area contributed by atoms with Gasteiger partial charge in [0.2, 0.25) is 5.91 Å².